The van der Waals surface area contributed by atoms with E-state index in [1.807, 2.05) is 6.92 Å². The Balaban J connectivity index is 2.15. The molecule has 0 saturated heterocycles. The first-order valence-electron chi connectivity index (χ1n) is 7.61. The number of rotatable bonds is 6. The van der Waals surface area contributed by atoms with Crippen molar-refractivity contribution in [1.29, 1.82) is 0 Å². The lowest BCUT2D eigenvalue weighted by atomic mass is 10.2. The molecule has 0 aliphatic carbocycles. The van der Waals surface area contributed by atoms with E-state index >= 15 is 0 Å². The van der Waals surface area contributed by atoms with Gasteiger partial charge in [-0.3, -0.25) is 4.79 Å². The van der Waals surface area contributed by atoms with E-state index in [9.17, 15) is 13.2 Å². The zero-order valence-electron chi connectivity index (χ0n) is 13.7. The molecule has 8 heteroatoms. The van der Waals surface area contributed by atoms with E-state index < -0.39 is 10.0 Å². The van der Waals surface area contributed by atoms with Crippen molar-refractivity contribution in [2.75, 3.05) is 5.32 Å². The zero-order chi connectivity index (χ0) is 18.6. The van der Waals surface area contributed by atoms with Gasteiger partial charge in [0.1, 0.15) is 0 Å². The fourth-order valence-corrected chi connectivity index (χ4v) is 4.03. The molecule has 1 atom stereocenters. The van der Waals surface area contributed by atoms with Crippen molar-refractivity contribution in [3.05, 3.63) is 57.5 Å². The third kappa shape index (κ3) is 5.28. The van der Waals surface area contributed by atoms with Gasteiger partial charge in [-0.05, 0) is 55.8 Å². The Morgan fingerprint density at radius 1 is 1.20 bits per heavy atom. The molecule has 5 nitrogen and oxygen atoms in total. The predicted octanol–water partition coefficient (Wildman–Crippen LogP) is 4.43. The summed E-state index contributed by atoms with van der Waals surface area (Å²) in [6.45, 7) is 3.69. The van der Waals surface area contributed by atoms with Crippen LogP contribution in [0.15, 0.2) is 51.8 Å². The first kappa shape index (κ1) is 19.9. The van der Waals surface area contributed by atoms with E-state index in [2.05, 4.69) is 26.0 Å². The molecule has 0 fully saturated rings. The minimum atomic E-state index is -3.59. The van der Waals surface area contributed by atoms with Crippen LogP contribution in [0, 0.1) is 0 Å². The number of nitrogens with one attached hydrogen (secondary N) is 2. The van der Waals surface area contributed by atoms with Gasteiger partial charge in [0.2, 0.25) is 10.0 Å². The molecule has 0 heterocycles. The summed E-state index contributed by atoms with van der Waals surface area (Å²) in [5, 5.41) is 3.10. The summed E-state index contributed by atoms with van der Waals surface area (Å²) in [5.74, 6) is -0.372. The van der Waals surface area contributed by atoms with Crippen LogP contribution in [-0.4, -0.2) is 20.4 Å². The summed E-state index contributed by atoms with van der Waals surface area (Å²) >= 11 is 9.37. The molecule has 0 aliphatic rings. The molecular formula is C17H18BrClN2O3S. The topological polar surface area (TPSA) is 75.3 Å². The van der Waals surface area contributed by atoms with Gasteiger partial charge in [-0.1, -0.05) is 34.5 Å². The summed E-state index contributed by atoms with van der Waals surface area (Å²) in [7, 11) is -3.59. The van der Waals surface area contributed by atoms with Gasteiger partial charge in [-0.2, -0.15) is 0 Å². The maximum absolute atomic E-state index is 12.3. The molecule has 1 amide bonds. The molecule has 0 radical (unpaired) electrons. The average molecular weight is 446 g/mol. The molecule has 25 heavy (non-hydrogen) atoms. The third-order valence-electron chi connectivity index (χ3n) is 3.57. The molecule has 2 N–H and O–H groups in total. The number of amides is 1. The van der Waals surface area contributed by atoms with Gasteiger partial charge in [0, 0.05) is 16.1 Å². The highest BCUT2D eigenvalue weighted by molar-refractivity contribution is 9.10. The summed E-state index contributed by atoms with van der Waals surface area (Å²) in [6.07, 6.45) is 0.688. The third-order valence-corrected chi connectivity index (χ3v) is 5.99. The second kappa shape index (κ2) is 8.31. The lowest BCUT2D eigenvalue weighted by Crippen LogP contribution is -2.32. The van der Waals surface area contributed by atoms with Crippen LogP contribution in [0.5, 0.6) is 0 Å². The normalized spacial score (nSPS) is 12.6. The summed E-state index contributed by atoms with van der Waals surface area (Å²) in [4.78, 5) is 12.4. The largest absolute Gasteiger partial charge is 0.321 e. The first-order chi connectivity index (χ1) is 11.7. The standard InChI is InChI=1S/C17H18BrClN2O3S/c1-3-11(2)21-25(23,24)14-7-4-12(5-8-14)17(22)20-16-9-6-13(18)10-15(16)19/h4-11,21H,3H2,1-2H3,(H,20,22). The SMILES string of the molecule is CCC(C)NS(=O)(=O)c1ccc(C(=O)Nc2ccc(Br)cc2Cl)cc1. The lowest BCUT2D eigenvalue weighted by Gasteiger charge is -2.12. The average Bonchev–Trinajstić information content (AvgIpc) is 2.57. The van der Waals surface area contributed by atoms with Crippen molar-refractivity contribution < 1.29 is 13.2 Å². The van der Waals surface area contributed by atoms with Crippen molar-refractivity contribution in [2.45, 2.75) is 31.2 Å². The molecule has 2 rings (SSSR count). The van der Waals surface area contributed by atoms with Crippen LogP contribution in [0.25, 0.3) is 0 Å². The van der Waals surface area contributed by atoms with Gasteiger partial charge >= 0.3 is 0 Å². The molecule has 2 aromatic carbocycles. The Kier molecular flexibility index (Phi) is 6.62. The second-order valence-corrected chi connectivity index (χ2v) is 8.57. The van der Waals surface area contributed by atoms with E-state index in [-0.39, 0.29) is 16.8 Å². The van der Waals surface area contributed by atoms with Crippen LogP contribution in [0.2, 0.25) is 5.02 Å². The highest BCUT2D eigenvalue weighted by Gasteiger charge is 2.17. The van der Waals surface area contributed by atoms with Gasteiger partial charge in [0.25, 0.3) is 5.91 Å². The number of halogens is 2. The molecule has 2 aromatic rings. The molecular weight excluding hydrogens is 428 g/mol. The Morgan fingerprint density at radius 2 is 1.84 bits per heavy atom. The molecule has 0 saturated carbocycles. The minimum Gasteiger partial charge on any atom is -0.321 e. The summed E-state index contributed by atoms with van der Waals surface area (Å²) in [6, 6.07) is 10.7. The maximum Gasteiger partial charge on any atom is 0.255 e. The fourth-order valence-electron chi connectivity index (χ4n) is 1.99. The number of sulfonamides is 1. The smallest absolute Gasteiger partial charge is 0.255 e. The van der Waals surface area contributed by atoms with E-state index in [0.29, 0.717) is 22.7 Å². The van der Waals surface area contributed by atoms with Crippen LogP contribution in [-0.2, 0) is 10.0 Å². The minimum absolute atomic E-state index is 0.117. The quantitative estimate of drug-likeness (QED) is 0.690. The molecule has 0 aromatic heterocycles. The highest BCUT2D eigenvalue weighted by atomic mass is 79.9. The van der Waals surface area contributed by atoms with E-state index in [1.165, 1.54) is 24.3 Å². The number of anilines is 1. The first-order valence-corrected chi connectivity index (χ1v) is 10.3. The van der Waals surface area contributed by atoms with Crippen molar-refractivity contribution >= 4 is 49.1 Å². The van der Waals surface area contributed by atoms with Crippen LogP contribution < -0.4 is 10.0 Å². The Labute approximate surface area is 161 Å². The van der Waals surface area contributed by atoms with Gasteiger partial charge < -0.3 is 5.32 Å². The van der Waals surface area contributed by atoms with Gasteiger partial charge in [-0.15, -0.1) is 0 Å². The van der Waals surface area contributed by atoms with Crippen LogP contribution >= 0.6 is 27.5 Å². The number of hydrogen-bond acceptors (Lipinski definition) is 3. The lowest BCUT2D eigenvalue weighted by molar-refractivity contribution is 0.102. The van der Waals surface area contributed by atoms with Crippen molar-refractivity contribution in [3.8, 4) is 0 Å². The van der Waals surface area contributed by atoms with E-state index in [4.69, 9.17) is 11.6 Å². The summed E-state index contributed by atoms with van der Waals surface area (Å²) in [5.41, 5.74) is 0.812. The fraction of sp³-hybridized carbons (Fsp3) is 0.235. The summed E-state index contributed by atoms with van der Waals surface area (Å²) < 4.78 is 27.8. The molecule has 134 valence electrons. The highest BCUT2D eigenvalue weighted by Crippen LogP contribution is 2.26. The van der Waals surface area contributed by atoms with Crippen LogP contribution in [0.4, 0.5) is 5.69 Å². The van der Waals surface area contributed by atoms with Gasteiger partial charge in [0.15, 0.2) is 0 Å². The molecule has 0 aliphatic heterocycles. The van der Waals surface area contributed by atoms with Gasteiger partial charge in [-0.25, -0.2) is 13.1 Å². The zero-order valence-corrected chi connectivity index (χ0v) is 16.9. The van der Waals surface area contributed by atoms with Crippen molar-refractivity contribution in [3.63, 3.8) is 0 Å². The van der Waals surface area contributed by atoms with Crippen LogP contribution in [0.3, 0.4) is 0 Å². The van der Waals surface area contributed by atoms with Gasteiger partial charge in [0.05, 0.1) is 15.6 Å². The number of carbonyl (C=O) groups is 1. The molecule has 0 bridgehead atoms. The number of benzene rings is 2. The van der Waals surface area contributed by atoms with E-state index in [0.717, 1.165) is 4.47 Å². The van der Waals surface area contributed by atoms with Crippen LogP contribution in [0.1, 0.15) is 30.6 Å². The Hall–Kier alpha value is -1.41. The number of hydrogen-bond donors (Lipinski definition) is 2. The van der Waals surface area contributed by atoms with Crippen molar-refractivity contribution in [1.82, 2.24) is 4.72 Å². The molecule has 0 spiro atoms. The Bertz CT molecular complexity index is 870. The number of carbonyl (C=O) groups excluding carboxylic acids is 1. The Morgan fingerprint density at radius 3 is 2.40 bits per heavy atom. The second-order valence-electron chi connectivity index (χ2n) is 5.53. The maximum atomic E-state index is 12.3. The monoisotopic (exact) mass is 444 g/mol. The predicted molar refractivity (Wildman–Crippen MR) is 104 cm³/mol. The van der Waals surface area contributed by atoms with Crippen molar-refractivity contribution in [2.24, 2.45) is 0 Å². The molecule has 1 unspecified atom stereocenters. The van der Waals surface area contributed by atoms with E-state index in [1.54, 1.807) is 25.1 Å².